The summed E-state index contributed by atoms with van der Waals surface area (Å²) in [6.45, 7) is 10.5. The fourth-order valence-corrected chi connectivity index (χ4v) is 7.52. The Morgan fingerprint density at radius 3 is 2.39 bits per heavy atom. The van der Waals surface area contributed by atoms with Crippen LogP contribution in [0.1, 0.15) is 87.8 Å². The van der Waals surface area contributed by atoms with E-state index < -0.39 is 21.2 Å². The number of amides is 1. The fraction of sp³-hybridized carbons (Fsp3) is 0.615. The van der Waals surface area contributed by atoms with Crippen molar-refractivity contribution in [2.45, 2.75) is 96.1 Å². The largest absolute Gasteiger partial charge is 0.389 e. The lowest BCUT2D eigenvalue weighted by molar-refractivity contribution is 0.0694. The molecular weight excluding hydrogens is 518 g/mol. The number of carbonyl (C=O) groups excluding carboxylic acids is 1. The molecule has 1 aliphatic rings. The summed E-state index contributed by atoms with van der Waals surface area (Å²) < 4.78 is 28.6. The van der Waals surface area contributed by atoms with E-state index in [1.165, 1.54) is 36.7 Å². The lowest BCUT2D eigenvalue weighted by atomic mass is 9.85. The zero-order valence-electron chi connectivity index (χ0n) is 22.0. The highest BCUT2D eigenvalue weighted by atomic mass is 35.5. The van der Waals surface area contributed by atoms with E-state index in [9.17, 15) is 18.3 Å². The molecule has 1 aromatic carbocycles. The number of sulfonamides is 1. The molecule has 200 valence electrons. The third-order valence-electron chi connectivity index (χ3n) is 6.11. The summed E-state index contributed by atoms with van der Waals surface area (Å²) in [5, 5.41) is 13.2. The molecule has 1 amide bonds. The van der Waals surface area contributed by atoms with Crippen LogP contribution >= 0.6 is 22.9 Å². The quantitative estimate of drug-likeness (QED) is 0.400. The number of halogens is 1. The molecule has 1 aromatic heterocycles. The molecule has 0 saturated heterocycles. The minimum Gasteiger partial charge on any atom is -0.389 e. The third kappa shape index (κ3) is 7.51. The van der Waals surface area contributed by atoms with Crippen molar-refractivity contribution in [1.82, 2.24) is 15.0 Å². The molecule has 0 unspecified atom stereocenters. The van der Waals surface area contributed by atoms with Crippen molar-refractivity contribution in [1.29, 1.82) is 0 Å². The smallest absolute Gasteiger partial charge is 0.280 e. The second-order valence-electron chi connectivity index (χ2n) is 11.4. The molecule has 2 aromatic rings. The van der Waals surface area contributed by atoms with E-state index >= 15 is 0 Å². The van der Waals surface area contributed by atoms with Gasteiger partial charge >= 0.3 is 0 Å². The number of benzene rings is 1. The van der Waals surface area contributed by atoms with E-state index in [0.29, 0.717) is 16.5 Å². The summed E-state index contributed by atoms with van der Waals surface area (Å²) in [6.07, 6.45) is 6.66. The normalized spacial score (nSPS) is 15.8. The van der Waals surface area contributed by atoms with E-state index in [1.807, 2.05) is 0 Å². The number of nitrogens with one attached hydrogen (secondary N) is 2. The molecule has 1 saturated carbocycles. The molecule has 0 atom stereocenters. The Kier molecular flexibility index (Phi) is 8.93. The van der Waals surface area contributed by atoms with E-state index in [4.69, 9.17) is 16.6 Å². The summed E-state index contributed by atoms with van der Waals surface area (Å²) in [5.41, 5.74) is 0.561. The highest BCUT2D eigenvalue weighted by molar-refractivity contribution is 7.89. The van der Waals surface area contributed by atoms with Crippen molar-refractivity contribution in [2.75, 3.05) is 6.54 Å². The van der Waals surface area contributed by atoms with Crippen molar-refractivity contribution in [3.63, 3.8) is 0 Å². The van der Waals surface area contributed by atoms with Crippen LogP contribution in [0.15, 0.2) is 17.0 Å². The molecule has 0 radical (unpaired) electrons. The molecular formula is C26H38ClN3O4S2. The van der Waals surface area contributed by atoms with Crippen LogP contribution in [0.25, 0.3) is 10.4 Å². The Hall–Kier alpha value is -1.52. The van der Waals surface area contributed by atoms with Crippen LogP contribution in [0.3, 0.4) is 0 Å². The summed E-state index contributed by atoms with van der Waals surface area (Å²) >= 11 is 7.91. The average Bonchev–Trinajstić information content (AvgIpc) is 3.15. The Labute approximate surface area is 224 Å². The maximum atomic E-state index is 13.0. The molecule has 0 aliphatic heterocycles. The first kappa shape index (κ1) is 29.0. The van der Waals surface area contributed by atoms with Crippen molar-refractivity contribution in [2.24, 2.45) is 5.92 Å². The van der Waals surface area contributed by atoms with Gasteiger partial charge in [-0.15, -0.1) is 11.3 Å². The molecule has 0 spiro atoms. The number of rotatable bonds is 8. The molecule has 1 fully saturated rings. The topological polar surface area (TPSA) is 108 Å². The lowest BCUT2D eigenvalue weighted by Gasteiger charge is -2.22. The van der Waals surface area contributed by atoms with Gasteiger partial charge in [0.15, 0.2) is 5.01 Å². The number of nitrogens with zero attached hydrogens (tertiary/aromatic N) is 1. The van der Waals surface area contributed by atoms with Crippen molar-refractivity contribution in [3.05, 3.63) is 33.4 Å². The van der Waals surface area contributed by atoms with Crippen LogP contribution in [0.2, 0.25) is 5.02 Å². The van der Waals surface area contributed by atoms with Gasteiger partial charge in [0.1, 0.15) is 4.90 Å². The van der Waals surface area contributed by atoms with E-state index in [-0.39, 0.29) is 22.4 Å². The van der Waals surface area contributed by atoms with Crippen LogP contribution in [-0.4, -0.2) is 42.1 Å². The zero-order chi connectivity index (χ0) is 26.9. The first-order valence-electron chi connectivity index (χ1n) is 12.4. The first-order valence-corrected chi connectivity index (χ1v) is 15.1. The summed E-state index contributed by atoms with van der Waals surface area (Å²) in [4.78, 5) is 18.4. The Morgan fingerprint density at radius 1 is 1.17 bits per heavy atom. The maximum Gasteiger partial charge on any atom is 0.280 e. The van der Waals surface area contributed by atoms with Gasteiger partial charge in [-0.25, -0.2) is 18.1 Å². The van der Waals surface area contributed by atoms with Gasteiger partial charge in [0.2, 0.25) is 10.0 Å². The molecule has 0 bridgehead atoms. The van der Waals surface area contributed by atoms with Crippen molar-refractivity contribution in [3.8, 4) is 10.4 Å². The van der Waals surface area contributed by atoms with Crippen molar-refractivity contribution >= 4 is 38.9 Å². The molecule has 3 N–H and O–H groups in total. The van der Waals surface area contributed by atoms with Gasteiger partial charge in [-0.2, -0.15) is 0 Å². The van der Waals surface area contributed by atoms with E-state index in [1.54, 1.807) is 47.6 Å². The van der Waals surface area contributed by atoms with Crippen molar-refractivity contribution < 1.29 is 18.3 Å². The first-order chi connectivity index (χ1) is 16.6. The third-order valence-corrected chi connectivity index (χ3v) is 9.63. The Morgan fingerprint density at radius 2 is 1.81 bits per heavy atom. The highest BCUT2D eigenvalue weighted by Crippen LogP contribution is 2.40. The highest BCUT2D eigenvalue weighted by Gasteiger charge is 2.28. The number of aromatic nitrogens is 1. The fourth-order valence-electron chi connectivity index (χ4n) is 4.41. The van der Waals surface area contributed by atoms with Gasteiger partial charge in [-0.1, -0.05) is 49.8 Å². The van der Waals surface area contributed by atoms with Crippen LogP contribution in [0, 0.1) is 12.8 Å². The molecule has 7 nitrogen and oxygen atoms in total. The van der Waals surface area contributed by atoms with Gasteiger partial charge in [-0.3, -0.25) is 4.79 Å². The Balaban J connectivity index is 2.02. The minimum atomic E-state index is -3.81. The van der Waals surface area contributed by atoms with Crippen LogP contribution in [0.5, 0.6) is 0 Å². The predicted octanol–water partition coefficient (Wildman–Crippen LogP) is 5.47. The molecule has 1 aliphatic carbocycles. The van der Waals surface area contributed by atoms with Gasteiger partial charge in [0.05, 0.1) is 21.2 Å². The summed E-state index contributed by atoms with van der Waals surface area (Å²) in [5.74, 6) is 0.161. The molecule has 3 rings (SSSR count). The molecule has 10 heteroatoms. The number of thiazole rings is 1. The standard InChI is InChI=1S/C26H38ClN3O4S2/c1-16-18(12-13-20(21(16)27)36(33,34)30-25(2,3)4)22-19(14-17-10-8-7-9-11-17)29-24(35-22)23(31)28-15-26(5,6)32/h12-13,17,30,32H,7-11,14-15H2,1-6H3,(H,28,31). The monoisotopic (exact) mass is 555 g/mol. The summed E-state index contributed by atoms with van der Waals surface area (Å²) in [7, 11) is -3.81. The number of hydrogen-bond acceptors (Lipinski definition) is 6. The minimum absolute atomic E-state index is 0.0295. The molecule has 36 heavy (non-hydrogen) atoms. The number of aliphatic hydroxyl groups is 1. The van der Waals surface area contributed by atoms with E-state index in [0.717, 1.165) is 35.4 Å². The predicted molar refractivity (Wildman–Crippen MR) is 146 cm³/mol. The lowest BCUT2D eigenvalue weighted by Crippen LogP contribution is -2.40. The van der Waals surface area contributed by atoms with Crippen LogP contribution in [-0.2, 0) is 16.4 Å². The van der Waals surface area contributed by atoms with Gasteiger partial charge in [0.25, 0.3) is 5.91 Å². The van der Waals surface area contributed by atoms with Crippen LogP contribution in [0.4, 0.5) is 0 Å². The van der Waals surface area contributed by atoms with Gasteiger partial charge in [-0.05, 0) is 71.1 Å². The number of carbonyl (C=O) groups is 1. The number of hydrogen-bond donors (Lipinski definition) is 3. The van der Waals surface area contributed by atoms with Crippen LogP contribution < -0.4 is 10.0 Å². The maximum absolute atomic E-state index is 13.0. The molecule has 1 heterocycles. The van der Waals surface area contributed by atoms with Gasteiger partial charge in [0, 0.05) is 12.1 Å². The average molecular weight is 556 g/mol. The summed E-state index contributed by atoms with van der Waals surface area (Å²) in [6, 6.07) is 3.28. The zero-order valence-corrected chi connectivity index (χ0v) is 24.4. The second kappa shape index (κ2) is 11.1. The second-order valence-corrected chi connectivity index (χ2v) is 14.4. The van der Waals surface area contributed by atoms with Gasteiger partial charge < -0.3 is 10.4 Å². The Bertz CT molecular complexity index is 1200. The van der Waals surface area contributed by atoms with E-state index in [2.05, 4.69) is 10.0 Å². The SMILES string of the molecule is Cc1c(-c2sc(C(=O)NCC(C)(C)O)nc2CC2CCCCC2)ccc(S(=O)(=O)NC(C)(C)C)c1Cl.